The molecule has 1 aliphatic heterocycles. The molecule has 0 bridgehead atoms. The molecule has 6 nitrogen and oxygen atoms in total. The number of hydrogen-bond donors (Lipinski definition) is 4. The average molecular weight is 238 g/mol. The first-order valence-electron chi connectivity index (χ1n) is 4.47. The first-order chi connectivity index (χ1) is 7.11. The van der Waals surface area contributed by atoms with E-state index in [2.05, 4.69) is 12.2 Å². The molecule has 0 aromatic carbocycles. The quantitative estimate of drug-likeness (QED) is 0.413. The van der Waals surface area contributed by atoms with Crippen molar-refractivity contribution in [1.82, 2.24) is 0 Å². The van der Waals surface area contributed by atoms with Crippen molar-refractivity contribution in [1.29, 1.82) is 0 Å². The lowest BCUT2D eigenvalue weighted by Gasteiger charge is -2.39. The highest BCUT2D eigenvalue weighted by molar-refractivity contribution is 7.79. The molecule has 15 heavy (non-hydrogen) atoms. The summed E-state index contributed by atoms with van der Waals surface area (Å²) in [6.45, 7) is -0.402. The number of aliphatic hydroxyl groups excluding tert-OH is 4. The third kappa shape index (κ3) is 2.91. The minimum absolute atomic E-state index is 0.0675. The summed E-state index contributed by atoms with van der Waals surface area (Å²) >= 11 is 4.52. The van der Waals surface area contributed by atoms with Crippen molar-refractivity contribution in [3.8, 4) is 0 Å². The topological polar surface area (TPSA) is 99.4 Å². The molecule has 88 valence electrons. The van der Waals surface area contributed by atoms with Crippen molar-refractivity contribution < 1.29 is 29.9 Å². The van der Waals surface area contributed by atoms with Crippen LogP contribution < -0.4 is 0 Å². The number of ether oxygens (including phenoxy) is 2. The molecule has 1 rings (SSSR count). The van der Waals surface area contributed by atoms with Crippen LogP contribution in [0.2, 0.25) is 0 Å². The van der Waals surface area contributed by atoms with E-state index in [0.717, 1.165) is 0 Å². The van der Waals surface area contributed by atoms with Gasteiger partial charge in [-0.1, -0.05) is 12.2 Å². The van der Waals surface area contributed by atoms with Gasteiger partial charge in [-0.3, -0.25) is 0 Å². The number of rotatable bonds is 4. The summed E-state index contributed by atoms with van der Waals surface area (Å²) in [7, 11) is 0. The highest BCUT2D eigenvalue weighted by Crippen LogP contribution is 2.21. The van der Waals surface area contributed by atoms with Gasteiger partial charge in [-0.2, -0.15) is 0 Å². The van der Waals surface area contributed by atoms with E-state index in [1.807, 2.05) is 0 Å². The molecule has 1 fully saturated rings. The van der Waals surface area contributed by atoms with Gasteiger partial charge in [0.15, 0.2) is 6.29 Å². The Labute approximate surface area is 92.1 Å². The zero-order chi connectivity index (χ0) is 11.4. The zero-order valence-electron chi connectivity index (χ0n) is 7.89. The van der Waals surface area contributed by atoms with E-state index >= 15 is 0 Å². The number of thiocarbonyl (C=S) groups is 1. The molecule has 0 spiro atoms. The zero-order valence-corrected chi connectivity index (χ0v) is 8.71. The Kier molecular flexibility index (Phi) is 5.00. The van der Waals surface area contributed by atoms with Gasteiger partial charge in [0.2, 0.25) is 0 Å². The van der Waals surface area contributed by atoms with Crippen LogP contribution in [0, 0.1) is 0 Å². The van der Waals surface area contributed by atoms with E-state index in [1.165, 1.54) is 5.37 Å². The van der Waals surface area contributed by atoms with Crippen LogP contribution in [0.25, 0.3) is 0 Å². The van der Waals surface area contributed by atoms with Crippen molar-refractivity contribution in [2.45, 2.75) is 30.7 Å². The summed E-state index contributed by atoms with van der Waals surface area (Å²) in [6.07, 6.45) is -6.18. The van der Waals surface area contributed by atoms with Crippen LogP contribution in [0.4, 0.5) is 0 Å². The highest BCUT2D eigenvalue weighted by Gasteiger charge is 2.43. The lowest BCUT2D eigenvalue weighted by atomic mass is 9.99. The van der Waals surface area contributed by atoms with Crippen LogP contribution in [0.1, 0.15) is 0 Å². The van der Waals surface area contributed by atoms with Gasteiger partial charge in [-0.05, 0) is 0 Å². The second-order valence-corrected chi connectivity index (χ2v) is 3.53. The predicted molar refractivity (Wildman–Crippen MR) is 53.4 cm³/mol. The van der Waals surface area contributed by atoms with Crippen molar-refractivity contribution in [3.05, 3.63) is 0 Å². The molecule has 5 atom stereocenters. The summed E-state index contributed by atoms with van der Waals surface area (Å²) in [5.74, 6) is 0. The number of aliphatic hydroxyl groups is 4. The van der Waals surface area contributed by atoms with Gasteiger partial charge in [0.1, 0.15) is 24.4 Å². The lowest BCUT2D eigenvalue weighted by Crippen LogP contribution is -2.59. The largest absolute Gasteiger partial charge is 0.394 e. The lowest BCUT2D eigenvalue weighted by molar-refractivity contribution is -0.297. The minimum Gasteiger partial charge on any atom is -0.394 e. The molecule has 0 aromatic heterocycles. The maximum absolute atomic E-state index is 9.46. The van der Waals surface area contributed by atoms with Crippen molar-refractivity contribution in [3.63, 3.8) is 0 Å². The molecule has 0 amide bonds. The molecular weight excluding hydrogens is 224 g/mol. The van der Waals surface area contributed by atoms with Gasteiger partial charge in [-0.25, -0.2) is 0 Å². The molecule has 1 saturated heterocycles. The Morgan fingerprint density at radius 3 is 2.40 bits per heavy atom. The Hall–Kier alpha value is -0.150. The van der Waals surface area contributed by atoms with E-state index in [4.69, 9.17) is 14.6 Å². The van der Waals surface area contributed by atoms with E-state index in [1.54, 1.807) is 0 Å². The fourth-order valence-electron chi connectivity index (χ4n) is 1.34. The first-order valence-corrected chi connectivity index (χ1v) is 4.94. The first kappa shape index (κ1) is 12.9. The van der Waals surface area contributed by atoms with Gasteiger partial charge in [0, 0.05) is 5.37 Å². The van der Waals surface area contributed by atoms with Gasteiger partial charge in [-0.15, -0.1) is 0 Å². The van der Waals surface area contributed by atoms with Gasteiger partial charge in [0.25, 0.3) is 0 Å². The monoisotopic (exact) mass is 238 g/mol. The molecule has 1 unspecified atom stereocenters. The normalized spacial score (nSPS) is 41.5. The molecule has 0 radical (unpaired) electrons. The Balaban J connectivity index is 2.60. The van der Waals surface area contributed by atoms with Crippen LogP contribution in [-0.2, 0) is 9.47 Å². The van der Waals surface area contributed by atoms with Crippen LogP contribution in [0.15, 0.2) is 0 Å². The van der Waals surface area contributed by atoms with E-state index in [0.29, 0.717) is 0 Å². The summed E-state index contributed by atoms with van der Waals surface area (Å²) in [6, 6.07) is 0. The molecule has 7 heteroatoms. The second kappa shape index (κ2) is 5.80. The summed E-state index contributed by atoms with van der Waals surface area (Å²) in [4.78, 5) is 0. The Bertz CT molecular complexity index is 211. The van der Waals surface area contributed by atoms with Crippen molar-refractivity contribution >= 4 is 17.6 Å². The predicted octanol–water partition coefficient (Wildman–Crippen LogP) is -2.20. The summed E-state index contributed by atoms with van der Waals surface area (Å²) in [5, 5.41) is 38.4. The van der Waals surface area contributed by atoms with Crippen molar-refractivity contribution in [2.24, 2.45) is 0 Å². The fourth-order valence-corrected chi connectivity index (χ4v) is 1.42. The maximum atomic E-state index is 9.46. The van der Waals surface area contributed by atoms with Crippen LogP contribution in [-0.4, -0.2) is 69.7 Å². The fraction of sp³-hybridized carbons (Fsp3) is 0.875. The SMILES string of the molecule is OC[C@H]1OC(OCC=S)[C@H](O)[C@@H](O)[C@H]1O. The van der Waals surface area contributed by atoms with E-state index < -0.39 is 37.3 Å². The van der Waals surface area contributed by atoms with Crippen molar-refractivity contribution in [2.75, 3.05) is 13.2 Å². The third-order valence-electron chi connectivity index (χ3n) is 2.18. The molecule has 0 aromatic rings. The number of hydrogen-bond acceptors (Lipinski definition) is 7. The van der Waals surface area contributed by atoms with Crippen LogP contribution in [0.3, 0.4) is 0 Å². The third-order valence-corrected chi connectivity index (χ3v) is 2.31. The Morgan fingerprint density at radius 1 is 1.20 bits per heavy atom. The summed E-state index contributed by atoms with van der Waals surface area (Å²) in [5.41, 5.74) is 0. The second-order valence-electron chi connectivity index (χ2n) is 3.20. The van der Waals surface area contributed by atoms with Gasteiger partial charge < -0.3 is 29.9 Å². The minimum atomic E-state index is -1.41. The maximum Gasteiger partial charge on any atom is 0.187 e. The standard InChI is InChI=1S/C8H14O6S/c9-3-4-5(10)6(11)7(12)8(14-4)13-1-2-15/h2,4-12H,1,3H2/t4-,5+,6+,7-,8?/m1/s1. The Morgan fingerprint density at radius 2 is 1.87 bits per heavy atom. The molecular formula is C8H14O6S. The van der Waals surface area contributed by atoms with E-state index in [-0.39, 0.29) is 6.61 Å². The van der Waals surface area contributed by atoms with Gasteiger partial charge in [0.05, 0.1) is 13.2 Å². The van der Waals surface area contributed by atoms with Gasteiger partial charge >= 0.3 is 0 Å². The average Bonchev–Trinajstić information content (AvgIpc) is 2.25. The molecule has 1 aliphatic rings. The molecule has 1 heterocycles. The van der Waals surface area contributed by atoms with E-state index in [9.17, 15) is 15.3 Å². The van der Waals surface area contributed by atoms with Crippen LogP contribution in [0.5, 0.6) is 0 Å². The highest BCUT2D eigenvalue weighted by atomic mass is 32.1. The molecule has 0 aliphatic carbocycles. The molecule has 4 N–H and O–H groups in total. The van der Waals surface area contributed by atoms with Crippen LogP contribution >= 0.6 is 12.2 Å². The summed E-state index contributed by atoms with van der Waals surface area (Å²) < 4.78 is 10.0. The molecule has 0 saturated carbocycles. The smallest absolute Gasteiger partial charge is 0.187 e.